The maximum atomic E-state index is 5.88. The van der Waals surface area contributed by atoms with Crippen LogP contribution in [0.4, 0.5) is 0 Å². The van der Waals surface area contributed by atoms with Gasteiger partial charge in [0.15, 0.2) is 0 Å². The van der Waals surface area contributed by atoms with Gasteiger partial charge in [0, 0.05) is 9.61 Å². The molecule has 0 bridgehead atoms. The lowest BCUT2D eigenvalue weighted by Gasteiger charge is -2.15. The third-order valence-electron chi connectivity index (χ3n) is 3.07. The van der Waals surface area contributed by atoms with E-state index in [4.69, 9.17) is 4.74 Å². The molecule has 1 atom stereocenters. The lowest BCUT2D eigenvalue weighted by molar-refractivity contribution is 0.479. The first-order chi connectivity index (χ1) is 9.22. The van der Waals surface area contributed by atoms with Crippen LogP contribution >= 0.6 is 22.6 Å². The number of rotatable bonds is 5. The molecule has 0 aromatic heterocycles. The Morgan fingerprint density at radius 3 is 2.47 bits per heavy atom. The van der Waals surface area contributed by atoms with E-state index >= 15 is 0 Å². The van der Waals surface area contributed by atoms with Crippen molar-refractivity contribution in [1.29, 1.82) is 0 Å². The lowest BCUT2D eigenvalue weighted by Crippen LogP contribution is -2.14. The molecule has 1 N–H and O–H groups in total. The average Bonchev–Trinajstić information content (AvgIpc) is 2.43. The highest BCUT2D eigenvalue weighted by molar-refractivity contribution is 14.1. The molecule has 0 saturated heterocycles. The third kappa shape index (κ3) is 3.94. The number of nitrogens with one attached hydrogen (secondary N) is 1. The number of ether oxygens (including phenoxy) is 1. The summed E-state index contributed by atoms with van der Waals surface area (Å²) in [6.07, 6.45) is 1.06. The molecule has 0 aliphatic heterocycles. The van der Waals surface area contributed by atoms with Crippen LogP contribution < -0.4 is 10.1 Å². The predicted molar refractivity (Wildman–Crippen MR) is 87.8 cm³/mol. The summed E-state index contributed by atoms with van der Waals surface area (Å²) < 4.78 is 7.09. The van der Waals surface area contributed by atoms with Crippen LogP contribution in [0.3, 0.4) is 0 Å². The van der Waals surface area contributed by atoms with Gasteiger partial charge in [0.2, 0.25) is 0 Å². The van der Waals surface area contributed by atoms with Crippen molar-refractivity contribution < 1.29 is 4.74 Å². The van der Waals surface area contributed by atoms with Crippen LogP contribution in [0, 0.1) is 3.57 Å². The molecule has 2 rings (SSSR count). The first kappa shape index (κ1) is 14.3. The third-order valence-corrected chi connectivity index (χ3v) is 3.79. The molecule has 0 saturated carbocycles. The molecule has 100 valence electrons. The molecule has 2 aromatic carbocycles. The molecule has 0 aliphatic rings. The molecule has 1 unspecified atom stereocenters. The Hall–Kier alpha value is -1.07. The van der Waals surface area contributed by atoms with Crippen LogP contribution in [0.1, 0.15) is 24.9 Å². The molecular weight excluding hydrogens is 349 g/mol. The van der Waals surface area contributed by atoms with Crippen LogP contribution in [0.5, 0.6) is 11.5 Å². The van der Waals surface area contributed by atoms with Crippen molar-refractivity contribution in [3.8, 4) is 11.5 Å². The van der Waals surface area contributed by atoms with E-state index in [1.807, 2.05) is 43.4 Å². The van der Waals surface area contributed by atoms with E-state index in [9.17, 15) is 0 Å². The molecule has 0 amide bonds. The fraction of sp³-hybridized carbons (Fsp3) is 0.250. The van der Waals surface area contributed by atoms with Crippen molar-refractivity contribution in [3.05, 3.63) is 57.7 Å². The van der Waals surface area contributed by atoms with E-state index in [0.29, 0.717) is 6.04 Å². The minimum absolute atomic E-state index is 0.375. The maximum Gasteiger partial charge on any atom is 0.127 e. The Balaban J connectivity index is 2.17. The summed E-state index contributed by atoms with van der Waals surface area (Å²) in [5, 5.41) is 3.31. The first-order valence-electron chi connectivity index (χ1n) is 6.43. The summed E-state index contributed by atoms with van der Waals surface area (Å²) in [6, 6.07) is 16.7. The minimum Gasteiger partial charge on any atom is -0.457 e. The van der Waals surface area contributed by atoms with Crippen LogP contribution in [0.25, 0.3) is 0 Å². The Bertz CT molecular complexity index is 521. The van der Waals surface area contributed by atoms with Gasteiger partial charge in [-0.25, -0.2) is 0 Å². The Morgan fingerprint density at radius 1 is 1.11 bits per heavy atom. The van der Waals surface area contributed by atoms with Crippen LogP contribution in [-0.2, 0) is 0 Å². The van der Waals surface area contributed by atoms with E-state index in [1.165, 1.54) is 9.13 Å². The quantitative estimate of drug-likeness (QED) is 0.770. The number of halogens is 1. The van der Waals surface area contributed by atoms with E-state index < -0.39 is 0 Å². The summed E-state index contributed by atoms with van der Waals surface area (Å²) in [5.74, 6) is 1.75. The molecule has 3 heteroatoms. The van der Waals surface area contributed by atoms with Gasteiger partial charge in [-0.05, 0) is 78.0 Å². The smallest absolute Gasteiger partial charge is 0.127 e. The summed E-state index contributed by atoms with van der Waals surface area (Å²) >= 11 is 2.29. The summed E-state index contributed by atoms with van der Waals surface area (Å²) in [7, 11) is 1.99. The number of hydrogen-bond acceptors (Lipinski definition) is 2. The van der Waals surface area contributed by atoms with Crippen molar-refractivity contribution in [1.82, 2.24) is 5.32 Å². The topological polar surface area (TPSA) is 21.3 Å². The molecule has 0 radical (unpaired) electrons. The Morgan fingerprint density at radius 2 is 1.84 bits per heavy atom. The molecule has 0 spiro atoms. The van der Waals surface area contributed by atoms with E-state index in [0.717, 1.165) is 17.9 Å². The second-order valence-corrected chi connectivity index (χ2v) is 5.62. The van der Waals surface area contributed by atoms with Crippen molar-refractivity contribution in [2.45, 2.75) is 19.4 Å². The van der Waals surface area contributed by atoms with Gasteiger partial charge in [0.25, 0.3) is 0 Å². The summed E-state index contributed by atoms with van der Waals surface area (Å²) in [6.45, 7) is 2.17. The highest BCUT2D eigenvalue weighted by Crippen LogP contribution is 2.26. The second-order valence-electron chi connectivity index (χ2n) is 4.38. The van der Waals surface area contributed by atoms with Gasteiger partial charge < -0.3 is 10.1 Å². The molecular formula is C16H18INO. The van der Waals surface area contributed by atoms with Gasteiger partial charge in [-0.15, -0.1) is 0 Å². The van der Waals surface area contributed by atoms with Gasteiger partial charge in [-0.3, -0.25) is 0 Å². The summed E-state index contributed by atoms with van der Waals surface area (Å²) in [4.78, 5) is 0. The first-order valence-corrected chi connectivity index (χ1v) is 7.51. The lowest BCUT2D eigenvalue weighted by atomic mass is 10.0. The normalized spacial score (nSPS) is 12.2. The molecule has 2 aromatic rings. The van der Waals surface area contributed by atoms with Gasteiger partial charge >= 0.3 is 0 Å². The van der Waals surface area contributed by atoms with E-state index in [2.05, 4.69) is 47.0 Å². The highest BCUT2D eigenvalue weighted by atomic mass is 127. The standard InChI is InChI=1S/C16H18INO/c1-3-16(18-2)12-5-4-6-15(11-12)19-14-9-7-13(17)8-10-14/h4-11,16,18H,3H2,1-2H3. The van der Waals surface area contributed by atoms with Gasteiger partial charge in [0.05, 0.1) is 0 Å². The fourth-order valence-electron chi connectivity index (χ4n) is 2.04. The maximum absolute atomic E-state index is 5.88. The molecule has 2 nitrogen and oxygen atoms in total. The SMILES string of the molecule is CCC(NC)c1cccc(Oc2ccc(I)cc2)c1. The summed E-state index contributed by atoms with van der Waals surface area (Å²) in [5.41, 5.74) is 1.26. The average molecular weight is 367 g/mol. The van der Waals surface area contributed by atoms with Crippen LogP contribution in [0.2, 0.25) is 0 Å². The van der Waals surface area contributed by atoms with Crippen molar-refractivity contribution in [2.75, 3.05) is 7.05 Å². The fourth-order valence-corrected chi connectivity index (χ4v) is 2.40. The predicted octanol–water partition coefficient (Wildman–Crippen LogP) is 4.75. The van der Waals surface area contributed by atoms with Crippen molar-refractivity contribution in [2.24, 2.45) is 0 Å². The van der Waals surface area contributed by atoms with Gasteiger partial charge in [0.1, 0.15) is 11.5 Å². The van der Waals surface area contributed by atoms with Crippen LogP contribution in [-0.4, -0.2) is 7.05 Å². The molecule has 0 fully saturated rings. The van der Waals surface area contributed by atoms with Crippen molar-refractivity contribution in [3.63, 3.8) is 0 Å². The minimum atomic E-state index is 0.375. The number of benzene rings is 2. The monoisotopic (exact) mass is 367 g/mol. The van der Waals surface area contributed by atoms with Gasteiger partial charge in [-0.2, -0.15) is 0 Å². The second kappa shape index (κ2) is 6.91. The highest BCUT2D eigenvalue weighted by Gasteiger charge is 2.07. The molecule has 0 aliphatic carbocycles. The zero-order valence-corrected chi connectivity index (χ0v) is 13.3. The Labute approximate surface area is 128 Å². The van der Waals surface area contributed by atoms with E-state index in [1.54, 1.807) is 0 Å². The van der Waals surface area contributed by atoms with Crippen molar-refractivity contribution >= 4 is 22.6 Å². The zero-order valence-electron chi connectivity index (χ0n) is 11.2. The largest absolute Gasteiger partial charge is 0.457 e. The van der Waals surface area contributed by atoms with E-state index in [-0.39, 0.29) is 0 Å². The van der Waals surface area contributed by atoms with Gasteiger partial charge in [-0.1, -0.05) is 19.1 Å². The van der Waals surface area contributed by atoms with Crippen LogP contribution in [0.15, 0.2) is 48.5 Å². The zero-order chi connectivity index (χ0) is 13.7. The molecule has 0 heterocycles. The number of hydrogen-bond donors (Lipinski definition) is 1. The molecule has 19 heavy (non-hydrogen) atoms. The Kier molecular flexibility index (Phi) is 5.22.